The fraction of sp³-hybridized carbons (Fsp3) is 0.357. The summed E-state index contributed by atoms with van der Waals surface area (Å²) in [5.41, 5.74) is 0.630. The van der Waals surface area contributed by atoms with Gasteiger partial charge in [-0.1, -0.05) is 29.3 Å². The number of aliphatic hydroxyl groups excluding tert-OH is 1. The Bertz CT molecular complexity index is 439. The van der Waals surface area contributed by atoms with Gasteiger partial charge in [0.1, 0.15) is 0 Å². The molecule has 0 spiro atoms. The molecule has 0 aliphatic rings. The van der Waals surface area contributed by atoms with Crippen LogP contribution in [0, 0.1) is 0 Å². The van der Waals surface area contributed by atoms with Gasteiger partial charge in [0.05, 0.1) is 6.10 Å². The summed E-state index contributed by atoms with van der Waals surface area (Å²) >= 11 is 12.0. The smallest absolute Gasteiger partial charge is 0.244 e. The van der Waals surface area contributed by atoms with Gasteiger partial charge >= 0.3 is 0 Å². The van der Waals surface area contributed by atoms with Gasteiger partial charge in [0, 0.05) is 28.2 Å². The Morgan fingerprint density at radius 2 is 2.05 bits per heavy atom. The number of aliphatic hydroxyl groups is 1. The SMILES string of the molecule is CC(O)CCCNC(=O)/C=C/c1c(Cl)cccc1Cl. The lowest BCUT2D eigenvalue weighted by Crippen LogP contribution is -2.22. The van der Waals surface area contributed by atoms with Crippen molar-refractivity contribution in [2.24, 2.45) is 0 Å². The summed E-state index contributed by atoms with van der Waals surface area (Å²) in [5, 5.41) is 12.8. The number of rotatable bonds is 6. The van der Waals surface area contributed by atoms with E-state index < -0.39 is 0 Å². The van der Waals surface area contributed by atoms with E-state index in [0.29, 0.717) is 28.6 Å². The molecule has 0 fully saturated rings. The predicted octanol–water partition coefficient (Wildman–Crippen LogP) is 3.28. The molecule has 0 aliphatic heterocycles. The van der Waals surface area contributed by atoms with E-state index in [9.17, 15) is 4.79 Å². The first-order valence-corrected chi connectivity index (χ1v) is 6.84. The zero-order valence-electron chi connectivity index (χ0n) is 10.7. The zero-order valence-corrected chi connectivity index (χ0v) is 12.2. The van der Waals surface area contributed by atoms with E-state index in [1.165, 1.54) is 6.08 Å². The number of hydrogen-bond donors (Lipinski definition) is 2. The largest absolute Gasteiger partial charge is 0.393 e. The summed E-state index contributed by atoms with van der Waals surface area (Å²) in [6.45, 7) is 2.26. The van der Waals surface area contributed by atoms with Crippen LogP contribution in [0.15, 0.2) is 24.3 Å². The van der Waals surface area contributed by atoms with E-state index in [2.05, 4.69) is 5.32 Å². The summed E-state index contributed by atoms with van der Waals surface area (Å²) in [6, 6.07) is 5.18. The van der Waals surface area contributed by atoms with Gasteiger partial charge in [-0.25, -0.2) is 0 Å². The third-order valence-corrected chi connectivity index (χ3v) is 3.16. The van der Waals surface area contributed by atoms with Crippen molar-refractivity contribution < 1.29 is 9.90 Å². The van der Waals surface area contributed by atoms with Crippen LogP contribution in [-0.2, 0) is 4.79 Å². The Labute approximate surface area is 123 Å². The standard InChI is InChI=1S/C14H17Cl2NO2/c1-10(18)4-3-9-17-14(19)8-7-11-12(15)5-2-6-13(11)16/h2,5-8,10,18H,3-4,9H2,1H3,(H,17,19)/b8-7+. The number of amides is 1. The van der Waals surface area contributed by atoms with E-state index in [1.807, 2.05) is 0 Å². The summed E-state index contributed by atoms with van der Waals surface area (Å²) < 4.78 is 0. The molecule has 0 heterocycles. The molecule has 0 saturated heterocycles. The first-order chi connectivity index (χ1) is 9.00. The molecule has 1 atom stereocenters. The maximum absolute atomic E-state index is 11.5. The highest BCUT2D eigenvalue weighted by atomic mass is 35.5. The van der Waals surface area contributed by atoms with Crippen molar-refractivity contribution in [1.29, 1.82) is 0 Å². The van der Waals surface area contributed by atoms with Crippen LogP contribution in [0.1, 0.15) is 25.3 Å². The van der Waals surface area contributed by atoms with Crippen molar-refractivity contribution in [3.63, 3.8) is 0 Å². The lowest BCUT2D eigenvalue weighted by Gasteiger charge is -2.04. The van der Waals surface area contributed by atoms with Crippen LogP contribution < -0.4 is 5.32 Å². The Hall–Kier alpha value is -1.03. The lowest BCUT2D eigenvalue weighted by molar-refractivity contribution is -0.116. The van der Waals surface area contributed by atoms with E-state index in [4.69, 9.17) is 28.3 Å². The third kappa shape index (κ3) is 6.10. The van der Waals surface area contributed by atoms with Gasteiger partial charge in [-0.15, -0.1) is 0 Å². The molecule has 1 aromatic rings. The van der Waals surface area contributed by atoms with Crippen molar-refractivity contribution in [1.82, 2.24) is 5.32 Å². The molecule has 0 aliphatic carbocycles. The molecule has 5 heteroatoms. The van der Waals surface area contributed by atoms with Gasteiger partial charge in [-0.05, 0) is 38.0 Å². The quantitative estimate of drug-likeness (QED) is 0.626. The molecular formula is C14H17Cl2NO2. The minimum atomic E-state index is -0.339. The fourth-order valence-electron chi connectivity index (χ4n) is 1.50. The van der Waals surface area contributed by atoms with Gasteiger partial charge < -0.3 is 10.4 Å². The zero-order chi connectivity index (χ0) is 14.3. The van der Waals surface area contributed by atoms with Crippen molar-refractivity contribution in [2.75, 3.05) is 6.54 Å². The fourth-order valence-corrected chi connectivity index (χ4v) is 2.02. The molecule has 19 heavy (non-hydrogen) atoms. The van der Waals surface area contributed by atoms with E-state index in [-0.39, 0.29) is 12.0 Å². The van der Waals surface area contributed by atoms with Crippen LogP contribution in [0.4, 0.5) is 0 Å². The molecule has 1 rings (SSSR count). The lowest BCUT2D eigenvalue weighted by atomic mass is 10.2. The number of nitrogens with one attached hydrogen (secondary N) is 1. The van der Waals surface area contributed by atoms with Crippen LogP contribution >= 0.6 is 23.2 Å². The first kappa shape index (κ1) is 16.0. The molecule has 0 saturated carbocycles. The average molecular weight is 302 g/mol. The molecule has 0 bridgehead atoms. The van der Waals surface area contributed by atoms with Crippen LogP contribution in [0.3, 0.4) is 0 Å². The maximum Gasteiger partial charge on any atom is 0.244 e. The minimum absolute atomic E-state index is 0.207. The molecule has 1 aromatic carbocycles. The Balaban J connectivity index is 2.46. The number of carbonyl (C=O) groups is 1. The topological polar surface area (TPSA) is 49.3 Å². The monoisotopic (exact) mass is 301 g/mol. The second-order valence-electron chi connectivity index (χ2n) is 4.25. The normalized spacial score (nSPS) is 12.6. The number of halogens is 2. The highest BCUT2D eigenvalue weighted by Crippen LogP contribution is 2.25. The van der Waals surface area contributed by atoms with Gasteiger partial charge in [0.15, 0.2) is 0 Å². The molecule has 3 nitrogen and oxygen atoms in total. The summed E-state index contributed by atoms with van der Waals surface area (Å²) in [4.78, 5) is 11.5. The average Bonchev–Trinajstić information content (AvgIpc) is 2.34. The van der Waals surface area contributed by atoms with Crippen molar-refractivity contribution in [3.8, 4) is 0 Å². The Morgan fingerprint density at radius 1 is 1.42 bits per heavy atom. The van der Waals surface area contributed by atoms with Gasteiger partial charge in [-0.3, -0.25) is 4.79 Å². The van der Waals surface area contributed by atoms with Crippen molar-refractivity contribution >= 4 is 35.2 Å². The van der Waals surface area contributed by atoms with Gasteiger partial charge in [-0.2, -0.15) is 0 Å². The van der Waals surface area contributed by atoms with E-state index in [1.54, 1.807) is 31.2 Å². The summed E-state index contributed by atoms with van der Waals surface area (Å²) in [7, 11) is 0. The molecule has 104 valence electrons. The summed E-state index contributed by atoms with van der Waals surface area (Å²) in [6.07, 6.45) is 4.06. The van der Waals surface area contributed by atoms with E-state index >= 15 is 0 Å². The second-order valence-corrected chi connectivity index (χ2v) is 5.07. The minimum Gasteiger partial charge on any atom is -0.393 e. The predicted molar refractivity (Wildman–Crippen MR) is 79.4 cm³/mol. The highest BCUT2D eigenvalue weighted by molar-refractivity contribution is 6.37. The van der Waals surface area contributed by atoms with Gasteiger partial charge in [0.25, 0.3) is 0 Å². The highest BCUT2D eigenvalue weighted by Gasteiger charge is 2.02. The maximum atomic E-state index is 11.5. The van der Waals surface area contributed by atoms with Crippen molar-refractivity contribution in [2.45, 2.75) is 25.9 Å². The molecule has 2 N–H and O–H groups in total. The van der Waals surface area contributed by atoms with E-state index in [0.717, 1.165) is 6.42 Å². The molecule has 0 radical (unpaired) electrons. The Morgan fingerprint density at radius 3 is 2.63 bits per heavy atom. The Kier molecular flexibility index (Phi) is 6.92. The first-order valence-electron chi connectivity index (χ1n) is 6.08. The van der Waals surface area contributed by atoms with Crippen molar-refractivity contribution in [3.05, 3.63) is 39.9 Å². The van der Waals surface area contributed by atoms with Crippen LogP contribution in [0.5, 0.6) is 0 Å². The summed E-state index contributed by atoms with van der Waals surface area (Å²) in [5.74, 6) is -0.207. The number of carbonyl (C=O) groups excluding carboxylic acids is 1. The third-order valence-electron chi connectivity index (χ3n) is 2.50. The van der Waals surface area contributed by atoms with Crippen LogP contribution in [-0.4, -0.2) is 23.7 Å². The second kappa shape index (κ2) is 8.20. The molecule has 0 aromatic heterocycles. The molecule has 1 unspecified atom stereocenters. The van der Waals surface area contributed by atoms with Gasteiger partial charge in [0.2, 0.25) is 5.91 Å². The number of benzene rings is 1. The molecule has 1 amide bonds. The molecular weight excluding hydrogens is 285 g/mol. The van der Waals surface area contributed by atoms with Crippen LogP contribution in [0.25, 0.3) is 6.08 Å². The van der Waals surface area contributed by atoms with Crippen LogP contribution in [0.2, 0.25) is 10.0 Å². The number of hydrogen-bond acceptors (Lipinski definition) is 2.